The zero-order chi connectivity index (χ0) is 20.3. The smallest absolute Gasteiger partial charge is 0.158 e. The third-order valence-corrected chi connectivity index (χ3v) is 5.92. The summed E-state index contributed by atoms with van der Waals surface area (Å²) in [5.74, 6) is 0. The molecule has 3 heterocycles. The van der Waals surface area contributed by atoms with Gasteiger partial charge in [0, 0.05) is 24.2 Å². The molecular weight excluding hydrogens is 368 g/mol. The molecule has 0 amide bonds. The summed E-state index contributed by atoms with van der Waals surface area (Å²) in [6, 6.07) is 18.9. The minimum atomic E-state index is 0.879. The second-order valence-corrected chi connectivity index (χ2v) is 7.99. The maximum Gasteiger partial charge on any atom is 0.158 e. The second kappa shape index (κ2) is 8.23. The highest BCUT2D eigenvalue weighted by Gasteiger charge is 2.19. The molecule has 30 heavy (non-hydrogen) atoms. The summed E-state index contributed by atoms with van der Waals surface area (Å²) in [6.07, 6.45) is 11.6. The molecule has 0 unspecified atom stereocenters. The molecular formula is C26H26N4. The van der Waals surface area contributed by atoms with E-state index >= 15 is 0 Å². The Morgan fingerprint density at radius 2 is 1.70 bits per heavy atom. The average Bonchev–Trinajstić information content (AvgIpc) is 3.11. The van der Waals surface area contributed by atoms with E-state index in [2.05, 4.69) is 53.5 Å². The molecule has 3 aromatic heterocycles. The van der Waals surface area contributed by atoms with Gasteiger partial charge in [0.1, 0.15) is 5.69 Å². The summed E-state index contributed by atoms with van der Waals surface area (Å²) in [7, 11) is 1.95. The number of nitrogens with zero attached hydrogens (tertiary/aromatic N) is 4. The third-order valence-electron chi connectivity index (χ3n) is 5.92. The van der Waals surface area contributed by atoms with E-state index in [4.69, 9.17) is 10.1 Å². The number of benzene rings is 1. The lowest BCUT2D eigenvalue weighted by Crippen LogP contribution is -1.98. The number of hydrogen-bond acceptors (Lipinski definition) is 3. The SMILES string of the molecule is Cn1nc(-c2nc(C3=CCCCCCC3)ccc2-c2ccccc2)c2cccnc21. The first-order valence-electron chi connectivity index (χ1n) is 10.9. The molecule has 4 heteroatoms. The van der Waals surface area contributed by atoms with Gasteiger partial charge in [-0.3, -0.25) is 0 Å². The Morgan fingerprint density at radius 1 is 0.833 bits per heavy atom. The summed E-state index contributed by atoms with van der Waals surface area (Å²) in [6.45, 7) is 0. The molecule has 1 aliphatic rings. The zero-order valence-electron chi connectivity index (χ0n) is 17.4. The van der Waals surface area contributed by atoms with E-state index in [0.29, 0.717) is 0 Å². The molecule has 150 valence electrons. The molecule has 0 bridgehead atoms. The van der Waals surface area contributed by atoms with Gasteiger partial charge in [-0.25, -0.2) is 14.6 Å². The second-order valence-electron chi connectivity index (χ2n) is 7.99. The van der Waals surface area contributed by atoms with Gasteiger partial charge >= 0.3 is 0 Å². The van der Waals surface area contributed by atoms with Crippen molar-refractivity contribution in [3.05, 3.63) is 72.6 Å². The maximum absolute atomic E-state index is 5.21. The number of allylic oxidation sites excluding steroid dienone is 2. The first-order chi connectivity index (χ1) is 14.8. The Hall–Kier alpha value is -3.27. The molecule has 1 aromatic carbocycles. The van der Waals surface area contributed by atoms with E-state index in [1.54, 1.807) is 0 Å². The zero-order valence-corrected chi connectivity index (χ0v) is 17.4. The van der Waals surface area contributed by atoms with E-state index in [1.165, 1.54) is 31.3 Å². The molecule has 0 radical (unpaired) electrons. The Labute approximate surface area is 177 Å². The fraction of sp³-hybridized carbons (Fsp3) is 0.269. The van der Waals surface area contributed by atoms with Crippen LogP contribution in [0.15, 0.2) is 66.9 Å². The van der Waals surface area contributed by atoms with E-state index in [0.717, 1.165) is 52.1 Å². The largest absolute Gasteiger partial charge is 0.250 e. The van der Waals surface area contributed by atoms with Gasteiger partial charge in [-0.2, -0.15) is 5.10 Å². The Kier molecular flexibility index (Phi) is 5.14. The van der Waals surface area contributed by atoms with Crippen molar-refractivity contribution in [1.29, 1.82) is 0 Å². The van der Waals surface area contributed by atoms with Crippen molar-refractivity contribution in [3.8, 4) is 22.5 Å². The highest BCUT2D eigenvalue weighted by atomic mass is 15.3. The van der Waals surface area contributed by atoms with E-state index in [-0.39, 0.29) is 0 Å². The highest BCUT2D eigenvalue weighted by molar-refractivity contribution is 5.95. The number of rotatable bonds is 3. The number of pyridine rings is 2. The van der Waals surface area contributed by atoms with E-state index < -0.39 is 0 Å². The molecule has 0 spiro atoms. The van der Waals surface area contributed by atoms with Crippen LogP contribution < -0.4 is 0 Å². The van der Waals surface area contributed by atoms with Crippen molar-refractivity contribution < 1.29 is 0 Å². The predicted octanol–water partition coefficient (Wildman–Crippen LogP) is 6.43. The molecule has 5 rings (SSSR count). The lowest BCUT2D eigenvalue weighted by molar-refractivity contribution is 0.643. The molecule has 4 aromatic rings. The van der Waals surface area contributed by atoms with Gasteiger partial charge in [-0.05, 0) is 61.1 Å². The van der Waals surface area contributed by atoms with Crippen molar-refractivity contribution in [3.63, 3.8) is 0 Å². The Balaban J connectivity index is 1.71. The summed E-state index contributed by atoms with van der Waals surface area (Å²) in [5.41, 5.74) is 7.41. The molecule has 0 aliphatic heterocycles. The van der Waals surface area contributed by atoms with Gasteiger partial charge in [0.15, 0.2) is 5.65 Å². The summed E-state index contributed by atoms with van der Waals surface area (Å²) in [5, 5.41) is 5.87. The number of hydrogen-bond donors (Lipinski definition) is 0. The summed E-state index contributed by atoms with van der Waals surface area (Å²) in [4.78, 5) is 9.73. The summed E-state index contributed by atoms with van der Waals surface area (Å²) < 4.78 is 1.85. The molecule has 0 saturated carbocycles. The highest BCUT2D eigenvalue weighted by Crippen LogP contribution is 2.35. The lowest BCUT2D eigenvalue weighted by Gasteiger charge is -2.14. The molecule has 0 saturated heterocycles. The Morgan fingerprint density at radius 3 is 2.60 bits per heavy atom. The molecule has 4 nitrogen and oxygen atoms in total. The normalized spacial score (nSPS) is 14.9. The minimum Gasteiger partial charge on any atom is -0.250 e. The molecule has 0 N–H and O–H groups in total. The molecule has 1 aliphatic carbocycles. The summed E-state index contributed by atoms with van der Waals surface area (Å²) >= 11 is 0. The van der Waals surface area contributed by atoms with Crippen molar-refractivity contribution in [2.75, 3.05) is 0 Å². The van der Waals surface area contributed by atoms with E-state index in [1.807, 2.05) is 30.1 Å². The quantitative estimate of drug-likeness (QED) is 0.402. The Bertz CT molecular complexity index is 1200. The fourth-order valence-electron chi connectivity index (χ4n) is 4.36. The monoisotopic (exact) mass is 394 g/mol. The van der Waals surface area contributed by atoms with Crippen LogP contribution >= 0.6 is 0 Å². The first-order valence-corrected chi connectivity index (χ1v) is 10.9. The van der Waals surface area contributed by atoms with E-state index in [9.17, 15) is 0 Å². The van der Waals surface area contributed by atoms with Crippen molar-refractivity contribution in [1.82, 2.24) is 19.7 Å². The third kappa shape index (κ3) is 3.54. The first kappa shape index (κ1) is 18.7. The van der Waals surface area contributed by atoms with Crippen molar-refractivity contribution >= 4 is 16.6 Å². The molecule has 0 fully saturated rings. The minimum absolute atomic E-state index is 0.879. The molecule has 0 atom stereocenters. The standard InChI is InChI=1S/C26H26N4/c1-30-26-22(15-10-18-27-26)25(29-30)24-21(19-11-8-5-9-12-19)16-17-23(28-24)20-13-6-3-2-4-7-14-20/h5,8-13,15-18H,2-4,6-7,14H2,1H3. The predicted molar refractivity (Wildman–Crippen MR) is 123 cm³/mol. The van der Waals surface area contributed by atoms with Crippen LogP contribution in [0.3, 0.4) is 0 Å². The topological polar surface area (TPSA) is 43.6 Å². The van der Waals surface area contributed by atoms with Crippen LogP contribution in [0.2, 0.25) is 0 Å². The van der Waals surface area contributed by atoms with Gasteiger partial charge in [-0.15, -0.1) is 0 Å². The van der Waals surface area contributed by atoms with Crippen LogP contribution in [0.25, 0.3) is 39.1 Å². The number of aryl methyl sites for hydroxylation is 1. The fourth-order valence-corrected chi connectivity index (χ4v) is 4.36. The van der Waals surface area contributed by atoms with Crippen LogP contribution in [-0.2, 0) is 7.05 Å². The van der Waals surface area contributed by atoms with Crippen LogP contribution in [-0.4, -0.2) is 19.7 Å². The number of fused-ring (bicyclic) bond motifs is 1. The van der Waals surface area contributed by atoms with Gasteiger partial charge in [0.2, 0.25) is 0 Å². The average molecular weight is 395 g/mol. The van der Waals surface area contributed by atoms with Gasteiger partial charge in [0.25, 0.3) is 0 Å². The van der Waals surface area contributed by atoms with Crippen LogP contribution in [0.5, 0.6) is 0 Å². The van der Waals surface area contributed by atoms with Crippen molar-refractivity contribution in [2.24, 2.45) is 7.05 Å². The van der Waals surface area contributed by atoms with Gasteiger partial charge < -0.3 is 0 Å². The van der Waals surface area contributed by atoms with Crippen molar-refractivity contribution in [2.45, 2.75) is 38.5 Å². The maximum atomic E-state index is 5.21. The van der Waals surface area contributed by atoms with Crippen LogP contribution in [0.1, 0.15) is 44.2 Å². The number of aromatic nitrogens is 4. The lowest BCUT2D eigenvalue weighted by atomic mass is 9.95. The van der Waals surface area contributed by atoms with Crippen LogP contribution in [0.4, 0.5) is 0 Å². The van der Waals surface area contributed by atoms with Gasteiger partial charge in [-0.1, -0.05) is 49.2 Å². The van der Waals surface area contributed by atoms with Crippen LogP contribution in [0, 0.1) is 0 Å². The van der Waals surface area contributed by atoms with Gasteiger partial charge in [0.05, 0.1) is 11.4 Å².